The highest BCUT2D eigenvalue weighted by atomic mass is 16.1. The van der Waals surface area contributed by atoms with Crippen LogP contribution in [0.5, 0.6) is 0 Å². The van der Waals surface area contributed by atoms with Crippen LogP contribution in [0.15, 0.2) is 36.4 Å². The Labute approximate surface area is 185 Å². The number of nitrogens with zero attached hydrogens (tertiary/aromatic N) is 1. The van der Waals surface area contributed by atoms with Crippen LogP contribution in [0.4, 0.5) is 0 Å². The molecule has 0 spiro atoms. The van der Waals surface area contributed by atoms with Crippen LogP contribution in [0, 0.1) is 5.92 Å². The van der Waals surface area contributed by atoms with Gasteiger partial charge in [-0.05, 0) is 90.9 Å². The molecule has 1 fully saturated rings. The van der Waals surface area contributed by atoms with Crippen molar-refractivity contribution in [3.05, 3.63) is 69.8 Å². The standard InChI is InChI=1S/C28H33NO2/c30-27(17-22-5-7-25-18-28(31)19-26(25)16-22)10-13-29-11-8-20(9-12-29)14-21-4-6-23-2-1-3-24(23)15-21/h4-7,15-16,20H,1-3,8-14,17-19H2. The average molecular weight is 416 g/mol. The third-order valence-corrected chi connectivity index (χ3v) is 7.55. The van der Waals surface area contributed by atoms with E-state index in [2.05, 4.69) is 29.2 Å². The number of hydrogen-bond donors (Lipinski definition) is 0. The Morgan fingerprint density at radius 2 is 1.58 bits per heavy atom. The summed E-state index contributed by atoms with van der Waals surface area (Å²) in [5.41, 5.74) is 8.00. The summed E-state index contributed by atoms with van der Waals surface area (Å²) in [4.78, 5) is 26.6. The number of Topliss-reactive ketones (excluding diaryl/α,β-unsaturated/α-hetero) is 2. The number of rotatable bonds is 7. The van der Waals surface area contributed by atoms with Crippen LogP contribution >= 0.6 is 0 Å². The lowest BCUT2D eigenvalue weighted by molar-refractivity contribution is -0.119. The highest BCUT2D eigenvalue weighted by molar-refractivity contribution is 5.88. The molecule has 1 saturated heterocycles. The molecule has 3 nitrogen and oxygen atoms in total. The molecule has 31 heavy (non-hydrogen) atoms. The lowest BCUT2D eigenvalue weighted by atomic mass is 9.89. The Morgan fingerprint density at radius 1 is 0.871 bits per heavy atom. The fraction of sp³-hybridized carbons (Fsp3) is 0.500. The first-order valence-electron chi connectivity index (χ1n) is 12.1. The van der Waals surface area contributed by atoms with E-state index < -0.39 is 0 Å². The summed E-state index contributed by atoms with van der Waals surface area (Å²) in [7, 11) is 0. The molecule has 2 aromatic rings. The summed E-state index contributed by atoms with van der Waals surface area (Å²) in [5.74, 6) is 1.38. The van der Waals surface area contributed by atoms with Crippen molar-refractivity contribution in [1.29, 1.82) is 0 Å². The van der Waals surface area contributed by atoms with E-state index >= 15 is 0 Å². The number of piperidine rings is 1. The SMILES string of the molecule is O=C(CCN1CCC(Cc2ccc3c(c2)CCC3)CC1)Cc1ccc2c(c1)CC(=O)C2. The van der Waals surface area contributed by atoms with Gasteiger partial charge in [0.05, 0.1) is 0 Å². The molecule has 5 rings (SSSR count). The molecule has 2 aliphatic carbocycles. The molecule has 0 aromatic heterocycles. The second-order valence-electron chi connectivity index (χ2n) is 9.91. The molecule has 2 aromatic carbocycles. The molecule has 0 radical (unpaired) electrons. The predicted octanol–water partition coefficient (Wildman–Crippen LogP) is 4.30. The zero-order valence-electron chi connectivity index (χ0n) is 18.5. The van der Waals surface area contributed by atoms with Gasteiger partial charge in [0.15, 0.2) is 0 Å². The second-order valence-corrected chi connectivity index (χ2v) is 9.91. The van der Waals surface area contributed by atoms with Gasteiger partial charge in [-0.15, -0.1) is 0 Å². The zero-order chi connectivity index (χ0) is 21.2. The molecule has 0 N–H and O–H groups in total. The van der Waals surface area contributed by atoms with Crippen LogP contribution in [0.3, 0.4) is 0 Å². The Kier molecular flexibility index (Phi) is 6.04. The molecule has 0 atom stereocenters. The van der Waals surface area contributed by atoms with E-state index in [4.69, 9.17) is 0 Å². The fourth-order valence-electron chi connectivity index (χ4n) is 5.71. The van der Waals surface area contributed by atoms with E-state index in [1.165, 1.54) is 44.1 Å². The van der Waals surface area contributed by atoms with Crippen molar-refractivity contribution in [2.24, 2.45) is 5.92 Å². The van der Waals surface area contributed by atoms with Gasteiger partial charge in [-0.1, -0.05) is 36.4 Å². The lowest BCUT2D eigenvalue weighted by Gasteiger charge is -2.32. The molecule has 1 aliphatic heterocycles. The predicted molar refractivity (Wildman–Crippen MR) is 124 cm³/mol. The number of fused-ring (bicyclic) bond motifs is 2. The van der Waals surface area contributed by atoms with Gasteiger partial charge in [0.25, 0.3) is 0 Å². The van der Waals surface area contributed by atoms with Crippen molar-refractivity contribution in [2.75, 3.05) is 19.6 Å². The maximum atomic E-state index is 12.5. The average Bonchev–Trinajstić information content (AvgIpc) is 3.38. The number of aryl methyl sites for hydroxylation is 2. The van der Waals surface area contributed by atoms with E-state index in [1.54, 1.807) is 11.1 Å². The van der Waals surface area contributed by atoms with E-state index in [1.807, 2.05) is 12.1 Å². The maximum Gasteiger partial charge on any atom is 0.141 e. The summed E-state index contributed by atoms with van der Waals surface area (Å²) >= 11 is 0. The largest absolute Gasteiger partial charge is 0.303 e. The van der Waals surface area contributed by atoms with Crippen LogP contribution < -0.4 is 0 Å². The van der Waals surface area contributed by atoms with Gasteiger partial charge >= 0.3 is 0 Å². The summed E-state index contributed by atoms with van der Waals surface area (Å²) in [6.45, 7) is 3.11. The van der Waals surface area contributed by atoms with Gasteiger partial charge < -0.3 is 4.90 Å². The van der Waals surface area contributed by atoms with E-state index in [0.29, 0.717) is 31.5 Å². The quantitative estimate of drug-likeness (QED) is 0.677. The van der Waals surface area contributed by atoms with Crippen molar-refractivity contribution >= 4 is 11.6 Å². The number of ketones is 2. The highest BCUT2D eigenvalue weighted by Crippen LogP contribution is 2.27. The van der Waals surface area contributed by atoms with Crippen molar-refractivity contribution in [3.8, 4) is 0 Å². The van der Waals surface area contributed by atoms with Gasteiger partial charge in [0.2, 0.25) is 0 Å². The van der Waals surface area contributed by atoms with Crippen LogP contribution in [0.2, 0.25) is 0 Å². The van der Waals surface area contributed by atoms with Crippen LogP contribution in [-0.2, 0) is 48.1 Å². The number of carbonyl (C=O) groups is 2. The monoisotopic (exact) mass is 415 g/mol. The van der Waals surface area contributed by atoms with E-state index in [0.717, 1.165) is 42.2 Å². The first kappa shape index (κ1) is 20.6. The van der Waals surface area contributed by atoms with E-state index in [9.17, 15) is 9.59 Å². The topological polar surface area (TPSA) is 37.4 Å². The smallest absolute Gasteiger partial charge is 0.141 e. The number of benzene rings is 2. The number of carbonyl (C=O) groups excluding carboxylic acids is 2. The third-order valence-electron chi connectivity index (χ3n) is 7.55. The van der Waals surface area contributed by atoms with Gasteiger partial charge in [0, 0.05) is 32.2 Å². The van der Waals surface area contributed by atoms with Crippen molar-refractivity contribution in [3.63, 3.8) is 0 Å². The molecule has 0 unspecified atom stereocenters. The van der Waals surface area contributed by atoms with Crippen LogP contribution in [0.25, 0.3) is 0 Å². The summed E-state index contributed by atoms with van der Waals surface area (Å²) in [6.07, 6.45) is 9.76. The number of likely N-dealkylation sites (tertiary alicyclic amines) is 1. The summed E-state index contributed by atoms with van der Waals surface area (Å²) < 4.78 is 0. The minimum Gasteiger partial charge on any atom is -0.303 e. The minimum atomic E-state index is 0.290. The van der Waals surface area contributed by atoms with Gasteiger partial charge in [-0.3, -0.25) is 9.59 Å². The fourth-order valence-corrected chi connectivity index (χ4v) is 5.71. The Balaban J connectivity index is 1.05. The first-order valence-corrected chi connectivity index (χ1v) is 12.1. The Bertz CT molecular complexity index is 985. The lowest BCUT2D eigenvalue weighted by Crippen LogP contribution is -2.35. The molecule has 1 heterocycles. The molecule has 0 amide bonds. The van der Waals surface area contributed by atoms with Crippen molar-refractivity contribution in [1.82, 2.24) is 4.90 Å². The molecular weight excluding hydrogens is 382 g/mol. The van der Waals surface area contributed by atoms with E-state index in [-0.39, 0.29) is 5.78 Å². The highest BCUT2D eigenvalue weighted by Gasteiger charge is 2.22. The summed E-state index contributed by atoms with van der Waals surface area (Å²) in [5, 5.41) is 0. The normalized spacial score (nSPS) is 18.9. The Morgan fingerprint density at radius 3 is 2.45 bits per heavy atom. The third kappa shape index (κ3) is 4.98. The molecule has 0 saturated carbocycles. The summed E-state index contributed by atoms with van der Waals surface area (Å²) in [6, 6.07) is 13.3. The van der Waals surface area contributed by atoms with Crippen molar-refractivity contribution < 1.29 is 9.59 Å². The van der Waals surface area contributed by atoms with Crippen molar-refractivity contribution in [2.45, 2.75) is 64.2 Å². The van der Waals surface area contributed by atoms with Crippen LogP contribution in [-0.4, -0.2) is 36.1 Å². The molecule has 3 aliphatic rings. The molecular formula is C28H33NO2. The minimum absolute atomic E-state index is 0.290. The molecule has 0 bridgehead atoms. The maximum absolute atomic E-state index is 12.5. The van der Waals surface area contributed by atoms with Gasteiger partial charge in [-0.25, -0.2) is 0 Å². The van der Waals surface area contributed by atoms with Gasteiger partial charge in [-0.2, -0.15) is 0 Å². The van der Waals surface area contributed by atoms with Gasteiger partial charge in [0.1, 0.15) is 11.6 Å². The molecule has 162 valence electrons. The van der Waals surface area contributed by atoms with Crippen LogP contribution in [0.1, 0.15) is 59.1 Å². The second kappa shape index (κ2) is 9.08. The molecule has 3 heteroatoms. The zero-order valence-corrected chi connectivity index (χ0v) is 18.5. The first-order chi connectivity index (χ1) is 15.1. The number of hydrogen-bond acceptors (Lipinski definition) is 3. The Hall–Kier alpha value is -2.26.